The molecule has 0 radical (unpaired) electrons. The molecule has 2 rings (SSSR count). The van der Waals surface area contributed by atoms with Crippen molar-refractivity contribution in [3.05, 3.63) is 46.9 Å². The van der Waals surface area contributed by atoms with Gasteiger partial charge in [-0.05, 0) is 12.1 Å². The normalized spacial score (nSPS) is 15.1. The Hall–Kier alpha value is -2.09. The van der Waals surface area contributed by atoms with E-state index in [0.29, 0.717) is 12.2 Å². The summed E-state index contributed by atoms with van der Waals surface area (Å²) in [5.41, 5.74) is 4.57. The fourth-order valence-electron chi connectivity index (χ4n) is 1.76. The summed E-state index contributed by atoms with van der Waals surface area (Å²) in [7, 11) is 3.60. The lowest BCUT2D eigenvalue weighted by Crippen LogP contribution is -2.40. The van der Waals surface area contributed by atoms with Gasteiger partial charge in [-0.2, -0.15) is 5.10 Å². The second kappa shape index (κ2) is 5.70. The molecule has 0 saturated carbocycles. The third-order valence-corrected chi connectivity index (χ3v) is 2.56. The van der Waals surface area contributed by atoms with Gasteiger partial charge in [-0.15, -0.1) is 0 Å². The highest BCUT2D eigenvalue weighted by atomic mass is 16.8. The lowest BCUT2D eigenvalue weighted by atomic mass is 10.2. The van der Waals surface area contributed by atoms with Gasteiger partial charge in [-0.25, -0.2) is 5.01 Å². The minimum atomic E-state index is -0.183. The zero-order chi connectivity index (χ0) is 13.8. The Morgan fingerprint density at radius 2 is 2.00 bits per heavy atom. The van der Waals surface area contributed by atoms with Crippen LogP contribution in [-0.4, -0.2) is 42.3 Å². The summed E-state index contributed by atoms with van der Waals surface area (Å²) in [6, 6.07) is 9.59. The minimum Gasteiger partial charge on any atom is -0.733 e. The van der Waals surface area contributed by atoms with Crippen LogP contribution in [0.5, 0.6) is 0 Å². The quantitative estimate of drug-likeness (QED) is 0.787. The molecule has 0 bridgehead atoms. The molecule has 0 saturated heterocycles. The van der Waals surface area contributed by atoms with Gasteiger partial charge in [0.15, 0.2) is 0 Å². The van der Waals surface area contributed by atoms with Crippen molar-refractivity contribution >= 4 is 11.9 Å². The molecule has 0 aromatic heterocycles. The van der Waals surface area contributed by atoms with E-state index >= 15 is 0 Å². The van der Waals surface area contributed by atoms with Crippen LogP contribution in [0.15, 0.2) is 46.8 Å². The van der Waals surface area contributed by atoms with Crippen LogP contribution in [0.3, 0.4) is 0 Å². The third kappa shape index (κ3) is 3.22. The maximum Gasteiger partial charge on any atom is 0.0935 e. The number of benzene rings is 1. The Kier molecular flexibility index (Phi) is 4.00. The molecule has 0 atom stereocenters. The Balaban J connectivity index is 2.23. The molecule has 1 aliphatic heterocycles. The summed E-state index contributed by atoms with van der Waals surface area (Å²) in [4.78, 5) is 0. The van der Waals surface area contributed by atoms with Gasteiger partial charge in [0.2, 0.25) is 0 Å². The molecule has 0 aliphatic carbocycles. The van der Waals surface area contributed by atoms with E-state index in [4.69, 9.17) is 5.21 Å². The highest BCUT2D eigenvalue weighted by Crippen LogP contribution is 2.19. The average Bonchev–Trinajstić information content (AvgIpc) is 2.38. The molecule has 0 spiro atoms. The fourth-order valence-corrected chi connectivity index (χ4v) is 1.76. The predicted molar refractivity (Wildman–Crippen MR) is 73.1 cm³/mol. The van der Waals surface area contributed by atoms with Gasteiger partial charge >= 0.3 is 0 Å². The van der Waals surface area contributed by atoms with Gasteiger partial charge in [0.25, 0.3) is 0 Å². The first-order valence-corrected chi connectivity index (χ1v) is 5.78. The summed E-state index contributed by atoms with van der Waals surface area (Å²) >= 11 is 0. The summed E-state index contributed by atoms with van der Waals surface area (Å²) in [6.45, 7) is 0.368. The van der Waals surface area contributed by atoms with Crippen LogP contribution in [0.2, 0.25) is 0 Å². The van der Waals surface area contributed by atoms with E-state index in [1.165, 1.54) is 6.21 Å². The van der Waals surface area contributed by atoms with Crippen molar-refractivity contribution in [3.8, 4) is 0 Å². The van der Waals surface area contributed by atoms with E-state index < -0.39 is 0 Å². The number of nitrogens with one attached hydrogen (secondary N) is 1. The molecular formula is C12H16N5O2-. The van der Waals surface area contributed by atoms with Crippen LogP contribution in [0.25, 0.3) is 0 Å². The molecule has 1 heterocycles. The maximum atomic E-state index is 11.1. The number of hydrogen-bond donors (Lipinski definition) is 2. The third-order valence-electron chi connectivity index (χ3n) is 2.56. The molecule has 7 heteroatoms. The smallest absolute Gasteiger partial charge is 0.0935 e. The van der Waals surface area contributed by atoms with Crippen molar-refractivity contribution in [2.45, 2.75) is 0 Å². The van der Waals surface area contributed by atoms with E-state index in [-0.39, 0.29) is 10.9 Å². The Labute approximate surface area is 111 Å². The SMILES string of the molecule is CN(C)NC1=C(N([O-])O)C=NN(c2ccccc2)C1. The van der Waals surface area contributed by atoms with Gasteiger partial charge in [0, 0.05) is 14.1 Å². The van der Waals surface area contributed by atoms with E-state index in [9.17, 15) is 5.21 Å². The first-order chi connectivity index (χ1) is 9.08. The fraction of sp³-hybridized carbons (Fsp3) is 0.250. The summed E-state index contributed by atoms with van der Waals surface area (Å²) in [5.74, 6) is 0. The number of rotatable bonds is 4. The summed E-state index contributed by atoms with van der Waals surface area (Å²) in [6.07, 6.45) is 1.33. The first kappa shape index (κ1) is 13.3. The molecule has 1 aromatic carbocycles. The van der Waals surface area contributed by atoms with Crippen molar-refractivity contribution in [2.75, 3.05) is 25.6 Å². The largest absolute Gasteiger partial charge is 0.733 e. The Morgan fingerprint density at radius 1 is 1.32 bits per heavy atom. The van der Waals surface area contributed by atoms with E-state index in [2.05, 4.69) is 10.5 Å². The molecule has 0 unspecified atom stereocenters. The zero-order valence-electron chi connectivity index (χ0n) is 10.8. The number of hydrogen-bond acceptors (Lipinski definition) is 7. The summed E-state index contributed by atoms with van der Waals surface area (Å²) < 4.78 is 0. The van der Waals surface area contributed by atoms with E-state index in [1.54, 1.807) is 24.1 Å². The van der Waals surface area contributed by atoms with Crippen LogP contribution >= 0.6 is 0 Å². The zero-order valence-corrected chi connectivity index (χ0v) is 10.8. The van der Waals surface area contributed by atoms with Gasteiger partial charge in [0.05, 0.1) is 29.8 Å². The van der Waals surface area contributed by atoms with Crippen LogP contribution in [0.4, 0.5) is 5.69 Å². The van der Waals surface area contributed by atoms with Crippen molar-refractivity contribution in [1.29, 1.82) is 0 Å². The number of nitrogens with zero attached hydrogens (tertiary/aromatic N) is 4. The maximum absolute atomic E-state index is 11.1. The molecular weight excluding hydrogens is 246 g/mol. The van der Waals surface area contributed by atoms with Crippen molar-refractivity contribution in [2.24, 2.45) is 5.10 Å². The number of hydroxylamine groups is 2. The topological polar surface area (TPSA) is 77.4 Å². The second-order valence-corrected chi connectivity index (χ2v) is 4.28. The number of allylic oxidation sites excluding steroid dienone is 1. The number of hydrazone groups is 1. The molecule has 0 amide bonds. The minimum absolute atomic E-state index is 0.0980. The summed E-state index contributed by atoms with van der Waals surface area (Å²) in [5, 5.41) is 27.5. The van der Waals surface area contributed by atoms with Crippen LogP contribution in [0, 0.1) is 5.21 Å². The number of anilines is 1. The van der Waals surface area contributed by atoms with Crippen molar-refractivity contribution < 1.29 is 5.21 Å². The molecule has 102 valence electrons. The molecule has 7 nitrogen and oxygen atoms in total. The molecule has 1 aromatic rings. The number of hydrazine groups is 1. The average molecular weight is 262 g/mol. The molecule has 1 aliphatic rings. The van der Waals surface area contributed by atoms with Crippen LogP contribution in [0.1, 0.15) is 0 Å². The molecule has 2 N–H and O–H groups in total. The van der Waals surface area contributed by atoms with E-state index in [1.807, 2.05) is 30.3 Å². The standard InChI is InChI=1S/C12H16N5O2/c1-15(2)14-11-9-16(10-6-4-3-5-7-10)13-8-12(11)17(18)19/h3-8,14,18H,9H2,1-2H3/q-1. The van der Waals surface area contributed by atoms with Gasteiger partial charge < -0.3 is 15.9 Å². The molecule has 0 fully saturated rings. The lowest BCUT2D eigenvalue weighted by molar-refractivity contribution is 0.00178. The van der Waals surface area contributed by atoms with Crippen molar-refractivity contribution in [1.82, 2.24) is 15.7 Å². The van der Waals surface area contributed by atoms with Gasteiger partial charge in [-0.3, -0.25) is 10.2 Å². The number of para-hydroxylation sites is 1. The highest BCUT2D eigenvalue weighted by molar-refractivity contribution is 5.81. The van der Waals surface area contributed by atoms with Crippen LogP contribution < -0.4 is 10.4 Å². The van der Waals surface area contributed by atoms with E-state index in [0.717, 1.165) is 5.69 Å². The Morgan fingerprint density at radius 3 is 2.58 bits per heavy atom. The van der Waals surface area contributed by atoms with Gasteiger partial charge in [0.1, 0.15) is 0 Å². The second-order valence-electron chi connectivity index (χ2n) is 4.28. The Bertz CT molecular complexity index is 484. The highest BCUT2D eigenvalue weighted by Gasteiger charge is 2.17. The first-order valence-electron chi connectivity index (χ1n) is 5.78. The lowest BCUT2D eigenvalue weighted by Gasteiger charge is -2.33. The van der Waals surface area contributed by atoms with Crippen LogP contribution in [-0.2, 0) is 0 Å². The predicted octanol–water partition coefficient (Wildman–Crippen LogP) is 0.959. The van der Waals surface area contributed by atoms with Gasteiger partial charge in [-0.1, -0.05) is 18.2 Å². The molecule has 19 heavy (non-hydrogen) atoms. The monoisotopic (exact) mass is 262 g/mol. The van der Waals surface area contributed by atoms with Crippen molar-refractivity contribution in [3.63, 3.8) is 0 Å².